The number of carbonyl (C=O) groups excluding carboxylic acids is 1. The van der Waals surface area contributed by atoms with E-state index in [0.29, 0.717) is 12.0 Å². The van der Waals surface area contributed by atoms with E-state index < -0.39 is 11.4 Å². The van der Waals surface area contributed by atoms with Gasteiger partial charge in [0.2, 0.25) is 0 Å². The Balaban J connectivity index is 2.20. The molecule has 0 aromatic heterocycles. The number of terminal acetylenes is 1. The van der Waals surface area contributed by atoms with Gasteiger partial charge < -0.3 is 4.18 Å². The van der Waals surface area contributed by atoms with E-state index in [9.17, 15) is 9.00 Å². The summed E-state index contributed by atoms with van der Waals surface area (Å²) >= 11 is -2.34. The van der Waals surface area contributed by atoms with Crippen LogP contribution in [0.1, 0.15) is 61.7 Å². The Morgan fingerprint density at radius 1 is 1.09 bits per heavy atom. The van der Waals surface area contributed by atoms with Crippen molar-refractivity contribution in [3.8, 4) is 18.1 Å². The summed E-state index contributed by atoms with van der Waals surface area (Å²) in [6.45, 7) is 0. The summed E-state index contributed by atoms with van der Waals surface area (Å²) in [6.07, 6.45) is 13.0. The molecule has 0 heterocycles. The zero-order valence-corrected chi connectivity index (χ0v) is 13.4. The van der Waals surface area contributed by atoms with E-state index in [-0.39, 0.29) is 11.5 Å². The molecule has 22 heavy (non-hydrogen) atoms. The molecule has 0 saturated carbocycles. The summed E-state index contributed by atoms with van der Waals surface area (Å²) in [5.41, 5.74) is 0.602. The lowest BCUT2D eigenvalue weighted by molar-refractivity contribution is 0.0979. The molecule has 1 atom stereocenters. The van der Waals surface area contributed by atoms with E-state index in [1.807, 2.05) is 0 Å². The summed E-state index contributed by atoms with van der Waals surface area (Å²) in [5.74, 6) is 2.99. The molecule has 0 aliphatic carbocycles. The Kier molecular flexibility index (Phi) is 9.20. The molecular weight excluding hydrogens is 300 g/mol. The van der Waals surface area contributed by atoms with Crippen molar-refractivity contribution in [2.75, 3.05) is 0 Å². The Labute approximate surface area is 134 Å². The van der Waals surface area contributed by atoms with Crippen molar-refractivity contribution in [1.29, 1.82) is 0 Å². The smallest absolute Gasteiger partial charge is 0.357 e. The second kappa shape index (κ2) is 11.0. The first-order valence-electron chi connectivity index (χ1n) is 7.49. The number of ketones is 1. The highest BCUT2D eigenvalue weighted by Crippen LogP contribution is 2.16. The summed E-state index contributed by atoms with van der Waals surface area (Å²) in [4.78, 5) is 12.0. The monoisotopic (exact) mass is 322 g/mol. The molecule has 4 nitrogen and oxygen atoms in total. The summed E-state index contributed by atoms with van der Waals surface area (Å²) in [5, 5.41) is 0. The van der Waals surface area contributed by atoms with E-state index in [2.05, 4.69) is 10.1 Å². The first kappa shape index (κ1) is 18.4. The van der Waals surface area contributed by atoms with Crippen LogP contribution in [0.2, 0.25) is 0 Å². The lowest BCUT2D eigenvalue weighted by Crippen LogP contribution is -2.00. The van der Waals surface area contributed by atoms with E-state index >= 15 is 0 Å². The van der Waals surface area contributed by atoms with Crippen LogP contribution in [0.3, 0.4) is 0 Å². The van der Waals surface area contributed by atoms with E-state index in [1.54, 1.807) is 12.1 Å². The molecule has 1 N–H and O–H groups in total. The quantitative estimate of drug-likeness (QED) is 0.288. The van der Waals surface area contributed by atoms with Gasteiger partial charge in [-0.3, -0.25) is 9.35 Å². The van der Waals surface area contributed by atoms with Gasteiger partial charge in [0, 0.05) is 18.4 Å². The number of carbonyl (C=O) groups is 1. The third-order valence-corrected chi connectivity index (χ3v) is 3.65. The summed E-state index contributed by atoms with van der Waals surface area (Å²) in [7, 11) is 0. The molecule has 0 bridgehead atoms. The van der Waals surface area contributed by atoms with E-state index in [1.165, 1.54) is 18.6 Å². The Morgan fingerprint density at radius 3 is 2.27 bits per heavy atom. The number of hydrogen-bond donors (Lipinski definition) is 1. The normalized spacial score (nSPS) is 11.6. The fraction of sp³-hybridized carbons (Fsp3) is 0.471. The molecule has 120 valence electrons. The maximum absolute atomic E-state index is 12.0. The van der Waals surface area contributed by atoms with Gasteiger partial charge in [-0.2, -0.15) is 4.21 Å². The first-order valence-corrected chi connectivity index (χ1v) is 8.52. The van der Waals surface area contributed by atoms with Gasteiger partial charge >= 0.3 is 11.4 Å². The van der Waals surface area contributed by atoms with Crippen LogP contribution in [-0.2, 0) is 11.4 Å². The van der Waals surface area contributed by atoms with Crippen molar-refractivity contribution in [3.05, 3.63) is 29.8 Å². The van der Waals surface area contributed by atoms with Crippen molar-refractivity contribution in [2.45, 2.75) is 51.4 Å². The van der Waals surface area contributed by atoms with Gasteiger partial charge in [0.05, 0.1) is 0 Å². The molecule has 0 aliphatic rings. The van der Waals surface area contributed by atoms with Crippen LogP contribution in [-0.4, -0.2) is 14.5 Å². The maximum Gasteiger partial charge on any atom is 0.357 e. The minimum absolute atomic E-state index is 0.0870. The topological polar surface area (TPSA) is 63.6 Å². The molecule has 0 fully saturated rings. The number of benzene rings is 1. The highest BCUT2D eigenvalue weighted by molar-refractivity contribution is 7.74. The third kappa shape index (κ3) is 7.96. The standard InChI is InChI=1S/C17H22O4S/c1-2-3-4-5-6-7-8-9-10-17(18)15-11-13-16(14-12-15)21-22(19)20/h1,11-14H,3-10H2,(H,19,20). The van der Waals surface area contributed by atoms with Crippen LogP contribution in [0, 0.1) is 12.3 Å². The van der Waals surface area contributed by atoms with Crippen LogP contribution in [0.4, 0.5) is 0 Å². The van der Waals surface area contributed by atoms with Crippen molar-refractivity contribution in [1.82, 2.24) is 0 Å². The minimum Gasteiger partial charge on any atom is -0.380 e. The van der Waals surface area contributed by atoms with Crippen LogP contribution >= 0.6 is 0 Å². The van der Waals surface area contributed by atoms with Crippen LogP contribution in [0.5, 0.6) is 5.75 Å². The van der Waals surface area contributed by atoms with Gasteiger partial charge in [-0.05, 0) is 37.1 Å². The highest BCUT2D eigenvalue weighted by atomic mass is 32.2. The average molecular weight is 322 g/mol. The molecule has 0 amide bonds. The molecule has 1 aromatic carbocycles. The SMILES string of the molecule is C#CCCCCCCCCC(=O)c1ccc(OS(=O)O)cc1. The van der Waals surface area contributed by atoms with Gasteiger partial charge in [0.15, 0.2) is 5.78 Å². The van der Waals surface area contributed by atoms with Crippen LogP contribution in [0.25, 0.3) is 0 Å². The van der Waals surface area contributed by atoms with Crippen LogP contribution < -0.4 is 4.18 Å². The lowest BCUT2D eigenvalue weighted by atomic mass is 10.0. The fourth-order valence-electron chi connectivity index (χ4n) is 2.14. The summed E-state index contributed by atoms with van der Waals surface area (Å²) in [6, 6.07) is 6.27. The van der Waals surface area contributed by atoms with Gasteiger partial charge in [-0.25, -0.2) is 0 Å². The second-order valence-electron chi connectivity index (χ2n) is 5.07. The van der Waals surface area contributed by atoms with Gasteiger partial charge in [0.25, 0.3) is 0 Å². The predicted molar refractivity (Wildman–Crippen MR) is 87.9 cm³/mol. The minimum atomic E-state index is -2.34. The van der Waals surface area contributed by atoms with Gasteiger partial charge in [-0.1, -0.05) is 25.7 Å². The molecule has 0 saturated heterocycles. The maximum atomic E-state index is 12.0. The Morgan fingerprint density at radius 2 is 1.68 bits per heavy atom. The summed E-state index contributed by atoms with van der Waals surface area (Å²) < 4.78 is 23.7. The van der Waals surface area contributed by atoms with Crippen molar-refractivity contribution >= 4 is 17.1 Å². The first-order chi connectivity index (χ1) is 10.6. The van der Waals surface area contributed by atoms with E-state index in [0.717, 1.165) is 38.5 Å². The second-order valence-corrected chi connectivity index (χ2v) is 5.67. The third-order valence-electron chi connectivity index (χ3n) is 3.32. The molecule has 0 spiro atoms. The molecule has 1 rings (SSSR count). The number of hydrogen-bond acceptors (Lipinski definition) is 3. The van der Waals surface area contributed by atoms with Crippen LogP contribution in [0.15, 0.2) is 24.3 Å². The average Bonchev–Trinajstić information content (AvgIpc) is 2.50. The van der Waals surface area contributed by atoms with Crippen molar-refractivity contribution < 1.29 is 17.7 Å². The molecule has 0 radical (unpaired) electrons. The predicted octanol–water partition coefficient (Wildman–Crippen LogP) is 4.14. The molecule has 1 aromatic rings. The number of Topliss-reactive ketones (excluding diaryl/α,β-unsaturated/α-hetero) is 1. The van der Waals surface area contributed by atoms with Crippen molar-refractivity contribution in [3.63, 3.8) is 0 Å². The van der Waals surface area contributed by atoms with Gasteiger partial charge in [0.1, 0.15) is 5.75 Å². The lowest BCUT2D eigenvalue weighted by Gasteiger charge is -2.03. The zero-order chi connectivity index (χ0) is 16.2. The fourth-order valence-corrected chi connectivity index (χ4v) is 2.42. The number of unbranched alkanes of at least 4 members (excludes halogenated alkanes) is 6. The Hall–Kier alpha value is -1.64. The molecule has 0 aliphatic heterocycles. The van der Waals surface area contributed by atoms with E-state index in [4.69, 9.17) is 11.0 Å². The Bertz CT molecular complexity index is 516. The highest BCUT2D eigenvalue weighted by Gasteiger charge is 2.06. The van der Waals surface area contributed by atoms with Gasteiger partial charge in [-0.15, -0.1) is 12.3 Å². The van der Waals surface area contributed by atoms with Crippen molar-refractivity contribution in [2.24, 2.45) is 0 Å². The molecular formula is C17H22O4S. The largest absolute Gasteiger partial charge is 0.380 e. The molecule has 5 heteroatoms. The number of rotatable bonds is 11. The zero-order valence-electron chi connectivity index (χ0n) is 12.6. The molecule has 1 unspecified atom stereocenters.